The molecule has 0 atom stereocenters. The number of nitro benzene ring substituents is 1. The Balaban J connectivity index is 2.22. The number of anilines is 2. The van der Waals surface area contributed by atoms with Gasteiger partial charge in [0.25, 0.3) is 0 Å². The SMILES string of the molecule is CS(=O)(=O)c1cccc(N2CCc3cc(Br)ccc32)c1[N+](=O)[O-]. The van der Waals surface area contributed by atoms with Crippen LogP contribution < -0.4 is 4.90 Å². The molecule has 0 saturated carbocycles. The monoisotopic (exact) mass is 396 g/mol. The van der Waals surface area contributed by atoms with Crippen molar-refractivity contribution < 1.29 is 13.3 Å². The lowest BCUT2D eigenvalue weighted by Crippen LogP contribution is -2.16. The molecule has 0 bridgehead atoms. The van der Waals surface area contributed by atoms with Crippen LogP contribution in [-0.2, 0) is 16.3 Å². The average molecular weight is 397 g/mol. The third-order valence-corrected chi connectivity index (χ3v) is 5.41. The van der Waals surface area contributed by atoms with Crippen molar-refractivity contribution in [3.05, 3.63) is 56.5 Å². The Morgan fingerprint density at radius 2 is 1.96 bits per heavy atom. The van der Waals surface area contributed by atoms with E-state index < -0.39 is 14.8 Å². The Hall–Kier alpha value is -1.93. The van der Waals surface area contributed by atoms with Gasteiger partial charge in [0.2, 0.25) is 0 Å². The zero-order valence-electron chi connectivity index (χ0n) is 12.2. The van der Waals surface area contributed by atoms with Gasteiger partial charge in [-0.05, 0) is 42.3 Å². The molecule has 0 N–H and O–H groups in total. The highest BCUT2D eigenvalue weighted by atomic mass is 79.9. The van der Waals surface area contributed by atoms with Gasteiger partial charge in [-0.1, -0.05) is 22.0 Å². The molecule has 0 spiro atoms. The van der Waals surface area contributed by atoms with E-state index in [2.05, 4.69) is 15.9 Å². The molecule has 0 fully saturated rings. The maximum atomic E-state index is 11.9. The Morgan fingerprint density at radius 1 is 1.22 bits per heavy atom. The van der Waals surface area contributed by atoms with E-state index in [4.69, 9.17) is 0 Å². The first-order valence-electron chi connectivity index (χ1n) is 6.82. The van der Waals surface area contributed by atoms with Gasteiger partial charge in [-0.15, -0.1) is 0 Å². The van der Waals surface area contributed by atoms with Crippen molar-refractivity contribution in [1.82, 2.24) is 0 Å². The fourth-order valence-corrected chi connectivity index (χ4v) is 4.10. The minimum Gasteiger partial charge on any atom is -0.335 e. The van der Waals surface area contributed by atoms with Crippen molar-refractivity contribution in [2.45, 2.75) is 11.3 Å². The maximum absolute atomic E-state index is 11.9. The number of halogens is 1. The number of nitro groups is 1. The number of nitrogens with zero attached hydrogens (tertiary/aromatic N) is 2. The smallest absolute Gasteiger partial charge is 0.311 e. The Morgan fingerprint density at radius 3 is 2.61 bits per heavy atom. The number of benzene rings is 2. The van der Waals surface area contributed by atoms with Crippen molar-refractivity contribution in [1.29, 1.82) is 0 Å². The first kappa shape index (κ1) is 15.9. The summed E-state index contributed by atoms with van der Waals surface area (Å²) in [6.45, 7) is 0.569. The molecule has 8 heteroatoms. The maximum Gasteiger partial charge on any atom is 0.311 e. The summed E-state index contributed by atoms with van der Waals surface area (Å²) in [6, 6.07) is 10.1. The van der Waals surface area contributed by atoms with E-state index in [1.165, 1.54) is 12.1 Å². The Bertz CT molecular complexity index is 912. The van der Waals surface area contributed by atoms with Gasteiger partial charge in [-0.3, -0.25) is 10.1 Å². The molecule has 6 nitrogen and oxygen atoms in total. The molecular weight excluding hydrogens is 384 g/mol. The molecular formula is C15H13BrN2O4S. The van der Waals surface area contributed by atoms with E-state index in [1.54, 1.807) is 11.0 Å². The fraction of sp³-hybridized carbons (Fsp3) is 0.200. The summed E-state index contributed by atoms with van der Waals surface area (Å²) in [4.78, 5) is 12.4. The van der Waals surface area contributed by atoms with E-state index in [0.717, 1.165) is 28.4 Å². The number of rotatable bonds is 3. The molecule has 0 aromatic heterocycles. The predicted octanol–water partition coefficient (Wildman–Crippen LogP) is 3.46. The molecule has 0 radical (unpaired) electrons. The van der Waals surface area contributed by atoms with Gasteiger partial charge in [0.15, 0.2) is 9.84 Å². The van der Waals surface area contributed by atoms with Crippen molar-refractivity contribution in [3.8, 4) is 0 Å². The lowest BCUT2D eigenvalue weighted by Gasteiger charge is -2.20. The van der Waals surface area contributed by atoms with Crippen LogP contribution in [0.25, 0.3) is 0 Å². The largest absolute Gasteiger partial charge is 0.335 e. The second kappa shape index (κ2) is 5.61. The molecule has 1 heterocycles. The van der Waals surface area contributed by atoms with Crippen molar-refractivity contribution >= 4 is 42.8 Å². The van der Waals surface area contributed by atoms with Crippen molar-refractivity contribution in [2.75, 3.05) is 17.7 Å². The van der Waals surface area contributed by atoms with Crippen LogP contribution in [0, 0.1) is 10.1 Å². The Labute approximate surface area is 141 Å². The van der Waals surface area contributed by atoms with E-state index in [0.29, 0.717) is 12.2 Å². The van der Waals surface area contributed by atoms with Crippen LogP contribution >= 0.6 is 15.9 Å². The van der Waals surface area contributed by atoms with Crippen molar-refractivity contribution in [2.24, 2.45) is 0 Å². The van der Waals surface area contributed by atoms with Gasteiger partial charge >= 0.3 is 5.69 Å². The molecule has 3 rings (SSSR count). The van der Waals surface area contributed by atoms with Gasteiger partial charge < -0.3 is 4.90 Å². The predicted molar refractivity (Wildman–Crippen MR) is 91.1 cm³/mol. The molecule has 120 valence electrons. The summed E-state index contributed by atoms with van der Waals surface area (Å²) in [7, 11) is -3.69. The second-order valence-electron chi connectivity index (χ2n) is 5.33. The second-order valence-corrected chi connectivity index (χ2v) is 8.23. The number of sulfone groups is 1. The third kappa shape index (κ3) is 2.84. The Kier molecular flexibility index (Phi) is 3.89. The van der Waals surface area contributed by atoms with Crippen LogP contribution in [0.1, 0.15) is 5.56 Å². The number of hydrogen-bond donors (Lipinski definition) is 0. The lowest BCUT2D eigenvalue weighted by molar-refractivity contribution is -0.387. The number of fused-ring (bicyclic) bond motifs is 1. The van der Waals surface area contributed by atoms with Crippen LogP contribution in [0.2, 0.25) is 0 Å². The topological polar surface area (TPSA) is 80.5 Å². The van der Waals surface area contributed by atoms with Gasteiger partial charge in [0.05, 0.1) is 4.92 Å². The molecule has 0 saturated heterocycles. The van der Waals surface area contributed by atoms with Crippen LogP contribution in [0.3, 0.4) is 0 Å². The van der Waals surface area contributed by atoms with Gasteiger partial charge in [0.1, 0.15) is 10.6 Å². The molecule has 0 unspecified atom stereocenters. The molecule has 2 aromatic rings. The standard InChI is InChI=1S/C15H13BrN2O4S/c1-23(21,22)14-4-2-3-13(15(14)18(19)20)17-8-7-10-9-11(16)5-6-12(10)17/h2-6,9H,7-8H2,1H3. The molecule has 0 amide bonds. The van der Waals surface area contributed by atoms with Gasteiger partial charge in [-0.2, -0.15) is 0 Å². The normalized spacial score (nSPS) is 13.9. The van der Waals surface area contributed by atoms with E-state index in [9.17, 15) is 18.5 Å². The summed E-state index contributed by atoms with van der Waals surface area (Å²) in [5, 5.41) is 11.5. The fourth-order valence-electron chi connectivity index (χ4n) is 2.83. The molecule has 1 aliphatic rings. The average Bonchev–Trinajstić information content (AvgIpc) is 2.88. The van der Waals surface area contributed by atoms with E-state index in [-0.39, 0.29) is 10.6 Å². The summed E-state index contributed by atoms with van der Waals surface area (Å²) in [6.07, 6.45) is 1.73. The minimum atomic E-state index is -3.69. The summed E-state index contributed by atoms with van der Waals surface area (Å²) < 4.78 is 24.7. The number of para-hydroxylation sites is 1. The molecule has 23 heavy (non-hydrogen) atoms. The molecule has 1 aliphatic heterocycles. The van der Waals surface area contributed by atoms with Crippen LogP contribution in [-0.4, -0.2) is 26.1 Å². The first-order chi connectivity index (χ1) is 10.8. The van der Waals surface area contributed by atoms with Crippen LogP contribution in [0.4, 0.5) is 17.1 Å². The highest BCUT2D eigenvalue weighted by Gasteiger charge is 2.31. The van der Waals surface area contributed by atoms with Crippen molar-refractivity contribution in [3.63, 3.8) is 0 Å². The highest BCUT2D eigenvalue weighted by Crippen LogP contribution is 2.42. The highest BCUT2D eigenvalue weighted by molar-refractivity contribution is 9.10. The summed E-state index contributed by atoms with van der Waals surface area (Å²) >= 11 is 3.41. The quantitative estimate of drug-likeness (QED) is 0.586. The van der Waals surface area contributed by atoms with Crippen LogP contribution in [0.15, 0.2) is 45.8 Å². The van der Waals surface area contributed by atoms with Crippen LogP contribution in [0.5, 0.6) is 0 Å². The molecule has 2 aromatic carbocycles. The summed E-state index contributed by atoms with van der Waals surface area (Å²) in [5.74, 6) is 0. The van der Waals surface area contributed by atoms with E-state index >= 15 is 0 Å². The summed E-state index contributed by atoms with van der Waals surface area (Å²) in [5.41, 5.74) is 1.87. The zero-order valence-corrected chi connectivity index (χ0v) is 14.6. The zero-order chi connectivity index (χ0) is 16.8. The minimum absolute atomic E-state index is 0.259. The van der Waals surface area contributed by atoms with Gasteiger partial charge in [0, 0.05) is 23.0 Å². The number of hydrogen-bond acceptors (Lipinski definition) is 5. The first-order valence-corrected chi connectivity index (χ1v) is 9.51. The molecule has 0 aliphatic carbocycles. The van der Waals surface area contributed by atoms with E-state index in [1.807, 2.05) is 18.2 Å². The van der Waals surface area contributed by atoms with Gasteiger partial charge in [-0.25, -0.2) is 8.42 Å². The lowest BCUT2D eigenvalue weighted by atomic mass is 10.2. The third-order valence-electron chi connectivity index (χ3n) is 3.79.